The van der Waals surface area contributed by atoms with Crippen molar-refractivity contribution in [2.75, 3.05) is 26.9 Å². The van der Waals surface area contributed by atoms with Crippen LogP contribution in [0.15, 0.2) is 16.6 Å². The van der Waals surface area contributed by atoms with Crippen LogP contribution in [0.1, 0.15) is 23.7 Å². The second-order valence-electron chi connectivity index (χ2n) is 4.39. The fraction of sp³-hybridized carbons (Fsp3) is 0.375. The molecular weight excluding hydrogens is 366 g/mol. The Morgan fingerprint density at radius 1 is 1.39 bits per heavy atom. The molecule has 0 saturated carbocycles. The molecule has 0 aromatic heterocycles. The highest BCUT2D eigenvalue weighted by Gasteiger charge is 2.17. The van der Waals surface area contributed by atoms with Crippen LogP contribution < -0.4 is 14.8 Å². The maximum Gasteiger partial charge on any atom is 0.338 e. The minimum Gasteiger partial charge on any atom is -0.493 e. The van der Waals surface area contributed by atoms with Crippen LogP contribution >= 0.6 is 15.9 Å². The predicted molar refractivity (Wildman–Crippen MR) is 88.6 cm³/mol. The molecule has 6 nitrogen and oxygen atoms in total. The molecule has 0 saturated heterocycles. The number of ether oxygens (including phenoxy) is 3. The van der Waals surface area contributed by atoms with Crippen molar-refractivity contribution in [1.29, 1.82) is 0 Å². The first-order chi connectivity index (χ1) is 11.0. The van der Waals surface area contributed by atoms with E-state index in [2.05, 4.69) is 27.2 Å². The van der Waals surface area contributed by atoms with E-state index in [1.54, 1.807) is 6.07 Å². The van der Waals surface area contributed by atoms with E-state index in [1.165, 1.54) is 13.2 Å². The zero-order valence-corrected chi connectivity index (χ0v) is 14.6. The largest absolute Gasteiger partial charge is 0.493 e. The molecule has 1 aromatic carbocycles. The van der Waals surface area contributed by atoms with Gasteiger partial charge in [0.2, 0.25) is 0 Å². The third-order valence-electron chi connectivity index (χ3n) is 2.64. The van der Waals surface area contributed by atoms with Crippen LogP contribution in [0.4, 0.5) is 0 Å². The fourth-order valence-electron chi connectivity index (χ4n) is 1.60. The molecule has 7 heteroatoms. The molecule has 0 aliphatic carbocycles. The highest BCUT2D eigenvalue weighted by molar-refractivity contribution is 9.10. The van der Waals surface area contributed by atoms with Gasteiger partial charge in [0.15, 0.2) is 18.1 Å². The minimum atomic E-state index is -0.651. The number of benzene rings is 1. The summed E-state index contributed by atoms with van der Waals surface area (Å²) in [6.45, 7) is 2.18. The number of carbonyl (C=O) groups excluding carboxylic acids is 2. The van der Waals surface area contributed by atoms with Gasteiger partial charge in [-0.25, -0.2) is 4.79 Å². The highest BCUT2D eigenvalue weighted by atomic mass is 79.9. The number of halogens is 1. The van der Waals surface area contributed by atoms with Gasteiger partial charge in [0.05, 0.1) is 30.3 Å². The van der Waals surface area contributed by atoms with Crippen LogP contribution in [-0.2, 0) is 9.53 Å². The molecule has 0 fully saturated rings. The first-order valence-electron chi connectivity index (χ1n) is 6.91. The Bertz CT molecular complexity index is 609. The van der Waals surface area contributed by atoms with Gasteiger partial charge in [-0.15, -0.1) is 6.42 Å². The molecule has 0 aliphatic heterocycles. The van der Waals surface area contributed by atoms with Crippen molar-refractivity contribution in [1.82, 2.24) is 5.32 Å². The third kappa shape index (κ3) is 5.83. The van der Waals surface area contributed by atoms with Crippen LogP contribution in [0.3, 0.4) is 0 Å². The van der Waals surface area contributed by atoms with Gasteiger partial charge >= 0.3 is 5.97 Å². The number of hydrogen-bond acceptors (Lipinski definition) is 5. The van der Waals surface area contributed by atoms with E-state index in [0.29, 0.717) is 22.6 Å². The third-order valence-corrected chi connectivity index (χ3v) is 3.23. The van der Waals surface area contributed by atoms with E-state index in [4.69, 9.17) is 20.6 Å². The lowest BCUT2D eigenvalue weighted by Crippen LogP contribution is -2.29. The monoisotopic (exact) mass is 383 g/mol. The zero-order valence-electron chi connectivity index (χ0n) is 13.0. The van der Waals surface area contributed by atoms with Gasteiger partial charge in [-0.05, 0) is 34.5 Å². The van der Waals surface area contributed by atoms with E-state index in [1.807, 2.05) is 6.92 Å². The summed E-state index contributed by atoms with van der Waals surface area (Å²) < 4.78 is 16.3. The van der Waals surface area contributed by atoms with Crippen LogP contribution in [0.25, 0.3) is 0 Å². The number of hydrogen-bond donors (Lipinski definition) is 1. The molecule has 0 radical (unpaired) electrons. The Morgan fingerprint density at radius 2 is 2.13 bits per heavy atom. The van der Waals surface area contributed by atoms with E-state index in [-0.39, 0.29) is 12.1 Å². The van der Waals surface area contributed by atoms with Gasteiger partial charge < -0.3 is 19.5 Å². The SMILES string of the molecule is C#CCNC(=O)COC(=O)c1cc(Br)c(OCCC)c(OC)c1. The van der Waals surface area contributed by atoms with Crippen molar-refractivity contribution in [3.63, 3.8) is 0 Å². The van der Waals surface area contributed by atoms with Crippen molar-refractivity contribution < 1.29 is 23.8 Å². The van der Waals surface area contributed by atoms with Crippen LogP contribution in [0.5, 0.6) is 11.5 Å². The molecule has 23 heavy (non-hydrogen) atoms. The van der Waals surface area contributed by atoms with Gasteiger partial charge in [0.1, 0.15) is 0 Å². The number of rotatable bonds is 8. The maximum atomic E-state index is 12.0. The Hall–Kier alpha value is -2.20. The lowest BCUT2D eigenvalue weighted by Gasteiger charge is -2.13. The summed E-state index contributed by atoms with van der Waals surface area (Å²) >= 11 is 3.34. The van der Waals surface area contributed by atoms with E-state index >= 15 is 0 Å². The fourth-order valence-corrected chi connectivity index (χ4v) is 2.15. The van der Waals surface area contributed by atoms with Gasteiger partial charge in [-0.2, -0.15) is 0 Å². The van der Waals surface area contributed by atoms with Gasteiger partial charge in [-0.3, -0.25) is 4.79 Å². The Labute approximate surface area is 143 Å². The van der Waals surface area contributed by atoms with Gasteiger partial charge in [0.25, 0.3) is 5.91 Å². The molecule has 0 unspecified atom stereocenters. The number of amides is 1. The second-order valence-corrected chi connectivity index (χ2v) is 5.25. The number of esters is 1. The molecule has 0 spiro atoms. The summed E-state index contributed by atoms with van der Waals surface area (Å²) in [7, 11) is 1.48. The molecule has 1 rings (SSSR count). The standard InChI is InChI=1S/C16H18BrNO5/c1-4-6-18-14(19)10-23-16(20)11-8-12(17)15(22-7-5-2)13(9-11)21-3/h1,8-9H,5-7,10H2,2-3H3,(H,18,19). The normalized spacial score (nSPS) is 9.65. The summed E-state index contributed by atoms with van der Waals surface area (Å²) in [5.41, 5.74) is 0.238. The van der Waals surface area contributed by atoms with Gasteiger partial charge in [0, 0.05) is 0 Å². The zero-order chi connectivity index (χ0) is 17.2. The lowest BCUT2D eigenvalue weighted by molar-refractivity contribution is -0.123. The molecule has 124 valence electrons. The smallest absolute Gasteiger partial charge is 0.338 e. The molecule has 1 aromatic rings. The van der Waals surface area contributed by atoms with Crippen LogP contribution in [0.2, 0.25) is 0 Å². The minimum absolute atomic E-state index is 0.0826. The Kier molecular flexibility index (Phi) is 7.98. The topological polar surface area (TPSA) is 73.9 Å². The van der Waals surface area contributed by atoms with E-state index in [9.17, 15) is 9.59 Å². The summed E-state index contributed by atoms with van der Waals surface area (Å²) in [6, 6.07) is 3.05. The first-order valence-corrected chi connectivity index (χ1v) is 7.70. The van der Waals surface area contributed by atoms with Crippen molar-refractivity contribution in [3.05, 3.63) is 22.2 Å². The molecule has 0 atom stereocenters. The first kappa shape index (κ1) is 18.8. The number of methoxy groups -OCH3 is 1. The summed E-state index contributed by atoms with van der Waals surface area (Å²) in [5.74, 6) is 2.05. The summed E-state index contributed by atoms with van der Waals surface area (Å²) in [6.07, 6.45) is 5.86. The van der Waals surface area contributed by atoms with Crippen LogP contribution in [-0.4, -0.2) is 38.7 Å². The van der Waals surface area contributed by atoms with Crippen LogP contribution in [0, 0.1) is 12.3 Å². The average molecular weight is 384 g/mol. The number of terminal acetylenes is 1. The molecule has 1 N–H and O–H groups in total. The maximum absolute atomic E-state index is 12.0. The van der Waals surface area contributed by atoms with Crippen molar-refractivity contribution in [2.24, 2.45) is 0 Å². The Balaban J connectivity index is 2.80. The number of carbonyl (C=O) groups is 2. The van der Waals surface area contributed by atoms with Crippen molar-refractivity contribution in [3.8, 4) is 23.8 Å². The van der Waals surface area contributed by atoms with Crippen molar-refractivity contribution in [2.45, 2.75) is 13.3 Å². The average Bonchev–Trinajstić information content (AvgIpc) is 2.55. The highest BCUT2D eigenvalue weighted by Crippen LogP contribution is 2.36. The lowest BCUT2D eigenvalue weighted by atomic mass is 10.2. The van der Waals surface area contributed by atoms with E-state index < -0.39 is 18.5 Å². The van der Waals surface area contributed by atoms with Crippen molar-refractivity contribution >= 4 is 27.8 Å². The molecule has 0 aliphatic rings. The summed E-state index contributed by atoms with van der Waals surface area (Å²) in [5, 5.41) is 2.40. The predicted octanol–water partition coefficient (Wildman–Crippen LogP) is 2.15. The molecule has 0 heterocycles. The number of nitrogens with one attached hydrogen (secondary N) is 1. The quantitative estimate of drug-likeness (QED) is 0.549. The summed E-state index contributed by atoms with van der Waals surface area (Å²) in [4.78, 5) is 23.4. The molecular formula is C16H18BrNO5. The molecule has 1 amide bonds. The van der Waals surface area contributed by atoms with Gasteiger partial charge in [-0.1, -0.05) is 12.8 Å². The second kappa shape index (κ2) is 9.74. The van der Waals surface area contributed by atoms with E-state index in [0.717, 1.165) is 6.42 Å². The molecule has 0 bridgehead atoms. The Morgan fingerprint density at radius 3 is 2.74 bits per heavy atom.